The first-order valence-electron chi connectivity index (χ1n) is 9.91. The number of aromatic nitrogens is 1. The van der Waals surface area contributed by atoms with Crippen molar-refractivity contribution >= 4 is 58.6 Å². The Hall–Kier alpha value is -1.24. The molecule has 0 fully saturated rings. The summed E-state index contributed by atoms with van der Waals surface area (Å²) in [6.07, 6.45) is 1.14. The first-order chi connectivity index (χ1) is 14.0. The number of aliphatic imine (C=N–C) groups is 1. The average molecular weight is 564 g/mol. The van der Waals surface area contributed by atoms with E-state index in [-0.39, 0.29) is 36.0 Å². The SMILES string of the molecule is CCOC(=O)c1sc(C(C)NC(=NC)NCCN2CCc3sccc3C2)nc1C.I. The molecule has 0 bridgehead atoms. The van der Waals surface area contributed by atoms with Crippen LogP contribution in [0.4, 0.5) is 0 Å². The molecule has 0 aromatic carbocycles. The highest BCUT2D eigenvalue weighted by atomic mass is 127. The Labute approximate surface area is 203 Å². The van der Waals surface area contributed by atoms with Crippen LogP contribution in [0.1, 0.15) is 50.7 Å². The lowest BCUT2D eigenvalue weighted by Crippen LogP contribution is -2.43. The highest BCUT2D eigenvalue weighted by molar-refractivity contribution is 14.0. The van der Waals surface area contributed by atoms with Gasteiger partial charge in [-0.2, -0.15) is 0 Å². The number of carbonyl (C=O) groups excluding carboxylic acids is 1. The van der Waals surface area contributed by atoms with Gasteiger partial charge in [0.2, 0.25) is 0 Å². The zero-order chi connectivity index (χ0) is 20.8. The lowest BCUT2D eigenvalue weighted by Gasteiger charge is -2.27. The standard InChI is InChI=1S/C20H29N5O2S2.HI/c1-5-27-19(26)17-13(2)23-18(29-17)14(3)24-20(21-4)22-8-10-25-9-6-16-15(12-25)7-11-28-16;/h7,11,14H,5-6,8-10,12H2,1-4H3,(H2,21,22,24);1H. The molecular formula is C20H30IN5O2S2. The highest BCUT2D eigenvalue weighted by Crippen LogP contribution is 2.25. The smallest absolute Gasteiger partial charge is 0.350 e. The Morgan fingerprint density at radius 3 is 3.00 bits per heavy atom. The van der Waals surface area contributed by atoms with Crippen molar-refractivity contribution in [3.05, 3.63) is 37.5 Å². The average Bonchev–Trinajstić information content (AvgIpc) is 3.33. The van der Waals surface area contributed by atoms with Gasteiger partial charge in [-0.25, -0.2) is 9.78 Å². The third-order valence-corrected chi connectivity index (χ3v) is 7.17. The molecule has 2 N–H and O–H groups in total. The number of esters is 1. The van der Waals surface area contributed by atoms with Crippen LogP contribution in [0, 0.1) is 6.92 Å². The maximum Gasteiger partial charge on any atom is 0.350 e. The van der Waals surface area contributed by atoms with Gasteiger partial charge in [0, 0.05) is 38.1 Å². The number of halogens is 1. The van der Waals surface area contributed by atoms with Crippen LogP contribution in [0.25, 0.3) is 0 Å². The third kappa shape index (κ3) is 6.38. The molecule has 1 atom stereocenters. The van der Waals surface area contributed by atoms with E-state index in [0.29, 0.717) is 17.2 Å². The van der Waals surface area contributed by atoms with Gasteiger partial charge in [0.05, 0.1) is 18.3 Å². The summed E-state index contributed by atoms with van der Waals surface area (Å²) in [7, 11) is 1.76. The molecule has 2 aromatic rings. The van der Waals surface area contributed by atoms with Gasteiger partial charge in [-0.3, -0.25) is 9.89 Å². The molecule has 3 heterocycles. The van der Waals surface area contributed by atoms with Crippen molar-refractivity contribution in [2.45, 2.75) is 39.8 Å². The van der Waals surface area contributed by atoms with E-state index < -0.39 is 0 Å². The van der Waals surface area contributed by atoms with E-state index in [1.54, 1.807) is 14.0 Å². The molecule has 1 unspecified atom stereocenters. The van der Waals surface area contributed by atoms with Crippen LogP contribution in [0.5, 0.6) is 0 Å². The molecule has 0 radical (unpaired) electrons. The molecule has 7 nitrogen and oxygen atoms in total. The van der Waals surface area contributed by atoms with Crippen LogP contribution in [0.2, 0.25) is 0 Å². The van der Waals surface area contributed by atoms with Crippen molar-refractivity contribution in [3.63, 3.8) is 0 Å². The number of rotatable bonds is 7. The fourth-order valence-electron chi connectivity index (χ4n) is 3.28. The number of guanidine groups is 1. The molecule has 1 aliphatic heterocycles. The van der Waals surface area contributed by atoms with Gasteiger partial charge in [-0.15, -0.1) is 46.7 Å². The van der Waals surface area contributed by atoms with E-state index in [2.05, 4.69) is 37.0 Å². The van der Waals surface area contributed by atoms with E-state index in [0.717, 1.165) is 43.6 Å². The number of nitrogens with zero attached hydrogens (tertiary/aromatic N) is 3. The minimum Gasteiger partial charge on any atom is -0.462 e. The number of aryl methyl sites for hydroxylation is 1. The monoisotopic (exact) mass is 563 g/mol. The molecule has 0 amide bonds. The van der Waals surface area contributed by atoms with E-state index in [1.807, 2.05) is 25.2 Å². The van der Waals surface area contributed by atoms with Crippen molar-refractivity contribution in [1.82, 2.24) is 20.5 Å². The quantitative estimate of drug-likeness (QED) is 0.232. The summed E-state index contributed by atoms with van der Waals surface area (Å²) in [6, 6.07) is 2.18. The minimum absolute atomic E-state index is 0. The number of thiazole rings is 1. The van der Waals surface area contributed by atoms with Crippen molar-refractivity contribution in [2.24, 2.45) is 4.99 Å². The lowest BCUT2D eigenvalue weighted by atomic mass is 10.1. The Balaban J connectivity index is 0.00000320. The molecule has 2 aromatic heterocycles. The number of fused-ring (bicyclic) bond motifs is 1. The summed E-state index contributed by atoms with van der Waals surface area (Å²) >= 11 is 3.24. The Morgan fingerprint density at radius 1 is 1.47 bits per heavy atom. The Kier molecular flexibility index (Phi) is 9.98. The number of carbonyl (C=O) groups is 1. The topological polar surface area (TPSA) is 78.8 Å². The van der Waals surface area contributed by atoms with Crippen LogP contribution in [0.3, 0.4) is 0 Å². The Bertz CT molecular complexity index is 867. The zero-order valence-corrected chi connectivity index (χ0v) is 21.8. The summed E-state index contributed by atoms with van der Waals surface area (Å²) in [5.41, 5.74) is 2.17. The predicted molar refractivity (Wildman–Crippen MR) is 134 cm³/mol. The molecule has 0 spiro atoms. The number of nitrogens with one attached hydrogen (secondary N) is 2. The fourth-order valence-corrected chi connectivity index (χ4v) is 5.13. The molecule has 0 saturated heterocycles. The molecule has 30 heavy (non-hydrogen) atoms. The number of hydrogen-bond donors (Lipinski definition) is 2. The first kappa shape index (κ1) is 25.0. The maximum absolute atomic E-state index is 12.0. The van der Waals surface area contributed by atoms with Crippen molar-refractivity contribution in [2.75, 3.05) is 33.3 Å². The number of thiophene rings is 1. The second kappa shape index (κ2) is 12.0. The zero-order valence-electron chi connectivity index (χ0n) is 17.9. The van der Waals surface area contributed by atoms with Crippen LogP contribution in [0.15, 0.2) is 16.4 Å². The van der Waals surface area contributed by atoms with Crippen molar-refractivity contribution in [1.29, 1.82) is 0 Å². The second-order valence-electron chi connectivity index (χ2n) is 6.95. The third-order valence-electron chi connectivity index (χ3n) is 4.83. The molecule has 1 aliphatic rings. The molecule has 0 saturated carbocycles. The molecular weight excluding hydrogens is 533 g/mol. The lowest BCUT2D eigenvalue weighted by molar-refractivity contribution is 0.0531. The van der Waals surface area contributed by atoms with E-state index >= 15 is 0 Å². The number of hydrogen-bond acceptors (Lipinski definition) is 7. The van der Waals surface area contributed by atoms with Crippen molar-refractivity contribution < 1.29 is 9.53 Å². The molecule has 0 aliphatic carbocycles. The van der Waals surface area contributed by atoms with Gasteiger partial charge < -0.3 is 15.4 Å². The molecule has 166 valence electrons. The summed E-state index contributed by atoms with van der Waals surface area (Å²) in [5.74, 6) is 0.426. The van der Waals surface area contributed by atoms with Gasteiger partial charge in [0.25, 0.3) is 0 Å². The normalized spacial score (nSPS) is 15.1. The minimum atomic E-state index is -0.307. The predicted octanol–water partition coefficient (Wildman–Crippen LogP) is 3.59. The maximum atomic E-state index is 12.0. The van der Waals surface area contributed by atoms with E-state index in [4.69, 9.17) is 4.74 Å². The summed E-state index contributed by atoms with van der Waals surface area (Å²) in [4.78, 5) is 25.4. The summed E-state index contributed by atoms with van der Waals surface area (Å²) < 4.78 is 5.10. The van der Waals surface area contributed by atoms with Crippen LogP contribution < -0.4 is 10.6 Å². The van der Waals surface area contributed by atoms with Gasteiger partial charge in [0.1, 0.15) is 9.88 Å². The van der Waals surface area contributed by atoms with Crippen LogP contribution in [-0.2, 0) is 17.7 Å². The van der Waals surface area contributed by atoms with Gasteiger partial charge in [-0.1, -0.05) is 0 Å². The van der Waals surface area contributed by atoms with Crippen LogP contribution in [-0.4, -0.2) is 55.1 Å². The van der Waals surface area contributed by atoms with Gasteiger partial charge in [-0.05, 0) is 44.2 Å². The van der Waals surface area contributed by atoms with Gasteiger partial charge >= 0.3 is 5.97 Å². The van der Waals surface area contributed by atoms with Crippen molar-refractivity contribution in [3.8, 4) is 0 Å². The van der Waals surface area contributed by atoms with Gasteiger partial charge in [0.15, 0.2) is 5.96 Å². The van der Waals surface area contributed by atoms with E-state index in [1.165, 1.54) is 21.8 Å². The summed E-state index contributed by atoms with van der Waals surface area (Å²) in [5, 5.41) is 9.78. The van der Waals surface area contributed by atoms with E-state index in [9.17, 15) is 4.79 Å². The molecule has 3 rings (SSSR count). The second-order valence-corrected chi connectivity index (χ2v) is 8.98. The largest absolute Gasteiger partial charge is 0.462 e. The fraction of sp³-hybridized carbons (Fsp3) is 0.550. The highest BCUT2D eigenvalue weighted by Gasteiger charge is 2.20. The number of ether oxygens (including phenoxy) is 1. The summed E-state index contributed by atoms with van der Waals surface area (Å²) in [6.45, 7) is 9.93. The molecule has 10 heteroatoms. The van der Waals surface area contributed by atoms with Crippen LogP contribution >= 0.6 is 46.7 Å². The Morgan fingerprint density at radius 2 is 2.27 bits per heavy atom. The first-order valence-corrected chi connectivity index (χ1v) is 11.6.